The number of hydrogen-bond acceptors (Lipinski definition) is 4. The Hall–Kier alpha value is -0.750. The van der Waals surface area contributed by atoms with Gasteiger partial charge in [-0.25, -0.2) is 0 Å². The molecule has 1 saturated carbocycles. The third-order valence-corrected chi connectivity index (χ3v) is 3.90. The van der Waals surface area contributed by atoms with Gasteiger partial charge in [0.05, 0.1) is 13.1 Å². The van der Waals surface area contributed by atoms with E-state index in [9.17, 15) is 9.59 Å². The molecule has 5 nitrogen and oxygen atoms in total. The van der Waals surface area contributed by atoms with E-state index in [1.807, 2.05) is 0 Å². The van der Waals surface area contributed by atoms with Crippen LogP contribution in [0.15, 0.2) is 0 Å². The molecule has 2 amide bonds. The first-order valence-electron chi connectivity index (χ1n) is 5.46. The quantitative estimate of drug-likeness (QED) is 0.607. The Balaban J connectivity index is 2.25. The highest BCUT2D eigenvalue weighted by molar-refractivity contribution is 7.99. The highest BCUT2D eigenvalue weighted by atomic mass is 32.2. The molecule has 1 fully saturated rings. The summed E-state index contributed by atoms with van der Waals surface area (Å²) in [6.45, 7) is -0.0578. The largest absolute Gasteiger partial charge is 0.351 e. The van der Waals surface area contributed by atoms with Crippen LogP contribution in [-0.4, -0.2) is 42.5 Å². The van der Waals surface area contributed by atoms with Crippen LogP contribution in [0.3, 0.4) is 0 Å². The number of amides is 2. The van der Waals surface area contributed by atoms with Gasteiger partial charge in [-0.3, -0.25) is 9.59 Å². The molecule has 2 unspecified atom stereocenters. The Morgan fingerprint density at radius 2 is 2.12 bits per heavy atom. The number of thioether (sulfide) groups is 1. The van der Waals surface area contributed by atoms with Crippen molar-refractivity contribution in [2.24, 2.45) is 5.73 Å². The van der Waals surface area contributed by atoms with E-state index in [2.05, 4.69) is 16.9 Å². The number of carbonyl (C=O) groups excluding carboxylic acids is 2. The standard InChI is InChI=1S/C10H19N3O2S/c1-16-8-4-2-3-7(8)13-10(15)6-12-9(14)5-11/h7-8H,2-6,11H2,1H3,(H,12,14)(H,13,15). The van der Waals surface area contributed by atoms with E-state index >= 15 is 0 Å². The molecule has 4 N–H and O–H groups in total. The number of nitrogens with two attached hydrogens (primary N) is 1. The van der Waals surface area contributed by atoms with Crippen LogP contribution >= 0.6 is 11.8 Å². The first kappa shape index (κ1) is 13.3. The Labute approximate surface area is 99.9 Å². The zero-order valence-electron chi connectivity index (χ0n) is 9.49. The number of hydrogen-bond donors (Lipinski definition) is 3. The van der Waals surface area contributed by atoms with Gasteiger partial charge < -0.3 is 16.4 Å². The lowest BCUT2D eigenvalue weighted by Crippen LogP contribution is -2.45. The molecule has 92 valence electrons. The van der Waals surface area contributed by atoms with Gasteiger partial charge in [0, 0.05) is 11.3 Å². The fourth-order valence-corrected chi connectivity index (χ4v) is 2.82. The summed E-state index contributed by atoms with van der Waals surface area (Å²) in [4.78, 5) is 22.4. The van der Waals surface area contributed by atoms with Gasteiger partial charge in [0.1, 0.15) is 0 Å². The van der Waals surface area contributed by atoms with Crippen molar-refractivity contribution in [2.45, 2.75) is 30.6 Å². The SMILES string of the molecule is CSC1CCCC1NC(=O)CNC(=O)CN. The zero-order chi connectivity index (χ0) is 12.0. The summed E-state index contributed by atoms with van der Waals surface area (Å²) in [5.41, 5.74) is 5.12. The van der Waals surface area contributed by atoms with E-state index in [4.69, 9.17) is 5.73 Å². The van der Waals surface area contributed by atoms with Crippen molar-refractivity contribution in [3.05, 3.63) is 0 Å². The highest BCUT2D eigenvalue weighted by Crippen LogP contribution is 2.28. The predicted molar refractivity (Wildman–Crippen MR) is 65.1 cm³/mol. The zero-order valence-corrected chi connectivity index (χ0v) is 10.3. The van der Waals surface area contributed by atoms with Crippen LogP contribution in [0.5, 0.6) is 0 Å². The van der Waals surface area contributed by atoms with Gasteiger partial charge in [0.25, 0.3) is 0 Å². The van der Waals surface area contributed by atoms with Gasteiger partial charge >= 0.3 is 0 Å². The molecule has 0 bridgehead atoms. The summed E-state index contributed by atoms with van der Waals surface area (Å²) >= 11 is 1.79. The third-order valence-electron chi connectivity index (χ3n) is 2.73. The number of nitrogens with one attached hydrogen (secondary N) is 2. The molecule has 0 spiro atoms. The van der Waals surface area contributed by atoms with Crippen molar-refractivity contribution in [1.29, 1.82) is 0 Å². The second-order valence-electron chi connectivity index (χ2n) is 3.86. The van der Waals surface area contributed by atoms with E-state index < -0.39 is 0 Å². The maximum absolute atomic E-state index is 11.5. The molecule has 0 saturated heterocycles. The highest BCUT2D eigenvalue weighted by Gasteiger charge is 2.27. The minimum Gasteiger partial charge on any atom is -0.351 e. The van der Waals surface area contributed by atoms with Crippen LogP contribution in [-0.2, 0) is 9.59 Å². The summed E-state index contributed by atoms with van der Waals surface area (Å²) in [5.74, 6) is -0.435. The lowest BCUT2D eigenvalue weighted by Gasteiger charge is -2.19. The maximum atomic E-state index is 11.5. The van der Waals surface area contributed by atoms with Crippen LogP contribution in [0.4, 0.5) is 0 Å². The monoisotopic (exact) mass is 245 g/mol. The van der Waals surface area contributed by atoms with Gasteiger partial charge in [-0.05, 0) is 19.1 Å². The molecule has 6 heteroatoms. The molecular weight excluding hydrogens is 226 g/mol. The molecule has 16 heavy (non-hydrogen) atoms. The average Bonchev–Trinajstić information content (AvgIpc) is 2.73. The van der Waals surface area contributed by atoms with Gasteiger partial charge in [0.2, 0.25) is 11.8 Å². The van der Waals surface area contributed by atoms with Gasteiger partial charge in [-0.15, -0.1) is 0 Å². The smallest absolute Gasteiger partial charge is 0.239 e. The molecule has 0 heterocycles. The van der Waals surface area contributed by atoms with E-state index in [0.717, 1.165) is 19.3 Å². The molecule has 0 aromatic rings. The molecular formula is C10H19N3O2S. The molecule has 1 aliphatic rings. The fraction of sp³-hybridized carbons (Fsp3) is 0.800. The van der Waals surface area contributed by atoms with Gasteiger partial charge in [-0.2, -0.15) is 11.8 Å². The Morgan fingerprint density at radius 3 is 2.75 bits per heavy atom. The van der Waals surface area contributed by atoms with Crippen LogP contribution < -0.4 is 16.4 Å². The lowest BCUT2D eigenvalue weighted by atomic mass is 10.2. The van der Waals surface area contributed by atoms with Crippen molar-refractivity contribution in [3.63, 3.8) is 0 Å². The Bertz CT molecular complexity index is 260. The second-order valence-corrected chi connectivity index (χ2v) is 4.94. The van der Waals surface area contributed by atoms with Crippen molar-refractivity contribution >= 4 is 23.6 Å². The maximum Gasteiger partial charge on any atom is 0.239 e. The number of rotatable bonds is 5. The van der Waals surface area contributed by atoms with Crippen molar-refractivity contribution in [2.75, 3.05) is 19.3 Å². The van der Waals surface area contributed by atoms with Crippen LogP contribution in [0.25, 0.3) is 0 Å². The molecule has 0 aliphatic heterocycles. The van der Waals surface area contributed by atoms with Gasteiger partial charge in [0.15, 0.2) is 0 Å². The summed E-state index contributed by atoms with van der Waals surface area (Å²) in [5, 5.41) is 5.91. The lowest BCUT2D eigenvalue weighted by molar-refractivity contribution is -0.125. The van der Waals surface area contributed by atoms with Crippen LogP contribution in [0, 0.1) is 0 Å². The third kappa shape index (κ3) is 4.02. The first-order chi connectivity index (χ1) is 7.67. The molecule has 0 aromatic carbocycles. The van der Waals surface area contributed by atoms with Gasteiger partial charge in [-0.1, -0.05) is 6.42 Å². The fourth-order valence-electron chi connectivity index (χ4n) is 1.88. The molecule has 1 aliphatic carbocycles. The van der Waals surface area contributed by atoms with Crippen molar-refractivity contribution in [3.8, 4) is 0 Å². The summed E-state index contributed by atoms with van der Waals surface area (Å²) < 4.78 is 0. The Morgan fingerprint density at radius 1 is 1.38 bits per heavy atom. The van der Waals surface area contributed by atoms with Crippen LogP contribution in [0.1, 0.15) is 19.3 Å². The molecule has 0 radical (unpaired) electrons. The molecule has 2 atom stereocenters. The summed E-state index contributed by atoms with van der Waals surface area (Å²) in [7, 11) is 0. The van der Waals surface area contributed by atoms with E-state index in [0.29, 0.717) is 5.25 Å². The predicted octanol–water partition coefficient (Wildman–Crippen LogP) is -0.538. The minimum absolute atomic E-state index is 0.0215. The first-order valence-corrected chi connectivity index (χ1v) is 6.75. The topological polar surface area (TPSA) is 84.2 Å². The average molecular weight is 245 g/mol. The van der Waals surface area contributed by atoms with Crippen LogP contribution in [0.2, 0.25) is 0 Å². The molecule has 1 rings (SSSR count). The normalized spacial score (nSPS) is 24.1. The van der Waals surface area contributed by atoms with E-state index in [1.54, 1.807) is 11.8 Å². The van der Waals surface area contributed by atoms with E-state index in [-0.39, 0.29) is 30.9 Å². The minimum atomic E-state index is -0.303. The second kappa shape index (κ2) is 6.75. The van der Waals surface area contributed by atoms with Crippen molar-refractivity contribution in [1.82, 2.24) is 10.6 Å². The van der Waals surface area contributed by atoms with Crippen molar-refractivity contribution < 1.29 is 9.59 Å². The summed E-state index contributed by atoms with van der Waals surface area (Å²) in [6.07, 6.45) is 5.40. The Kier molecular flexibility index (Phi) is 5.62. The number of carbonyl (C=O) groups is 2. The molecule has 0 aromatic heterocycles. The van der Waals surface area contributed by atoms with E-state index in [1.165, 1.54) is 0 Å². The summed E-state index contributed by atoms with van der Waals surface area (Å²) in [6, 6.07) is 0.247.